The summed E-state index contributed by atoms with van der Waals surface area (Å²) >= 11 is 1.20. The smallest absolute Gasteiger partial charge is 0.323 e. The third-order valence-electron chi connectivity index (χ3n) is 2.66. The van der Waals surface area contributed by atoms with E-state index >= 15 is 0 Å². The minimum atomic E-state index is -0.192. The summed E-state index contributed by atoms with van der Waals surface area (Å²) < 4.78 is 0. The molecule has 3 amide bonds. The second-order valence-corrected chi connectivity index (χ2v) is 5.23. The number of urea groups is 1. The molecule has 0 spiro atoms. The fourth-order valence-electron chi connectivity index (χ4n) is 1.53. The van der Waals surface area contributed by atoms with Crippen molar-refractivity contribution in [3.63, 3.8) is 0 Å². The molecule has 0 atom stereocenters. The van der Waals surface area contributed by atoms with Gasteiger partial charge in [0.15, 0.2) is 5.13 Å². The van der Waals surface area contributed by atoms with Crippen molar-refractivity contribution in [1.82, 2.24) is 14.8 Å². The normalized spacial score (nSPS) is 10.2. The lowest BCUT2D eigenvalue weighted by Gasteiger charge is -2.17. The SMILES string of the molecule is CCN(CC)C(=O)Nc1nc(C)c(C(=O)N(C)C)s1. The van der Waals surface area contributed by atoms with Crippen LogP contribution in [0.1, 0.15) is 29.2 Å². The van der Waals surface area contributed by atoms with E-state index in [2.05, 4.69) is 10.3 Å². The first kappa shape index (κ1) is 15.4. The quantitative estimate of drug-likeness (QED) is 0.920. The molecule has 6 nitrogen and oxygen atoms in total. The number of anilines is 1. The molecule has 0 unspecified atom stereocenters. The Balaban J connectivity index is 2.85. The fraction of sp³-hybridized carbons (Fsp3) is 0.583. The van der Waals surface area contributed by atoms with E-state index in [1.54, 1.807) is 25.9 Å². The van der Waals surface area contributed by atoms with Crippen LogP contribution in [0.25, 0.3) is 0 Å². The van der Waals surface area contributed by atoms with Gasteiger partial charge in [0.1, 0.15) is 4.88 Å². The first-order chi connectivity index (χ1) is 8.90. The Morgan fingerprint density at radius 2 is 1.84 bits per heavy atom. The van der Waals surface area contributed by atoms with Gasteiger partial charge in [-0.2, -0.15) is 0 Å². The first-order valence-electron chi connectivity index (χ1n) is 6.15. The number of hydrogen-bond acceptors (Lipinski definition) is 4. The third kappa shape index (κ3) is 3.66. The van der Waals surface area contributed by atoms with E-state index < -0.39 is 0 Å². The Morgan fingerprint density at radius 3 is 2.32 bits per heavy atom. The van der Waals surface area contributed by atoms with Crippen LogP contribution in [0.2, 0.25) is 0 Å². The highest BCUT2D eigenvalue weighted by molar-refractivity contribution is 7.17. The zero-order valence-corrected chi connectivity index (χ0v) is 12.8. The number of nitrogens with one attached hydrogen (secondary N) is 1. The van der Waals surface area contributed by atoms with Crippen LogP contribution in [-0.2, 0) is 0 Å². The standard InChI is InChI=1S/C12H20N4O2S/c1-6-16(7-2)12(18)14-11-13-8(3)9(19-11)10(17)15(4)5/h6-7H2,1-5H3,(H,13,14,18). The molecule has 1 heterocycles. The van der Waals surface area contributed by atoms with Gasteiger partial charge in [0.2, 0.25) is 0 Å². The zero-order chi connectivity index (χ0) is 14.6. The largest absolute Gasteiger partial charge is 0.344 e. The zero-order valence-electron chi connectivity index (χ0n) is 12.0. The maximum absolute atomic E-state index is 11.9. The van der Waals surface area contributed by atoms with E-state index in [1.807, 2.05) is 13.8 Å². The van der Waals surface area contributed by atoms with Crippen LogP contribution in [0.15, 0.2) is 0 Å². The van der Waals surface area contributed by atoms with Gasteiger partial charge in [0, 0.05) is 27.2 Å². The summed E-state index contributed by atoms with van der Waals surface area (Å²) in [7, 11) is 3.38. The van der Waals surface area contributed by atoms with Gasteiger partial charge in [-0.15, -0.1) is 0 Å². The van der Waals surface area contributed by atoms with Crippen LogP contribution >= 0.6 is 11.3 Å². The monoisotopic (exact) mass is 284 g/mol. The molecule has 1 aromatic heterocycles. The molecule has 7 heteroatoms. The van der Waals surface area contributed by atoms with Gasteiger partial charge in [-0.25, -0.2) is 9.78 Å². The lowest BCUT2D eigenvalue weighted by molar-refractivity contribution is 0.0831. The third-order valence-corrected chi connectivity index (χ3v) is 3.72. The number of amides is 3. The molecule has 0 bridgehead atoms. The van der Waals surface area contributed by atoms with Crippen LogP contribution in [0.3, 0.4) is 0 Å². The number of aryl methyl sites for hydroxylation is 1. The van der Waals surface area contributed by atoms with Crippen LogP contribution < -0.4 is 5.32 Å². The van der Waals surface area contributed by atoms with Crippen LogP contribution in [0.4, 0.5) is 9.93 Å². The molecular weight excluding hydrogens is 264 g/mol. The number of carbonyl (C=O) groups excluding carboxylic acids is 2. The van der Waals surface area contributed by atoms with Crippen molar-refractivity contribution in [2.75, 3.05) is 32.5 Å². The summed E-state index contributed by atoms with van der Waals surface area (Å²) in [5.41, 5.74) is 0.638. The summed E-state index contributed by atoms with van der Waals surface area (Å²) in [5, 5.41) is 3.18. The van der Waals surface area contributed by atoms with Crippen molar-refractivity contribution in [3.05, 3.63) is 10.6 Å². The molecule has 19 heavy (non-hydrogen) atoms. The number of thiazole rings is 1. The van der Waals surface area contributed by atoms with Crippen molar-refractivity contribution in [1.29, 1.82) is 0 Å². The molecule has 0 aliphatic heterocycles. The maximum Gasteiger partial charge on any atom is 0.323 e. The van der Waals surface area contributed by atoms with Gasteiger partial charge in [-0.1, -0.05) is 11.3 Å². The Labute approximate surface area is 117 Å². The topological polar surface area (TPSA) is 65.5 Å². The Bertz CT molecular complexity index is 466. The van der Waals surface area contributed by atoms with Crippen molar-refractivity contribution in [2.24, 2.45) is 0 Å². The average Bonchev–Trinajstić information content (AvgIpc) is 2.70. The van der Waals surface area contributed by atoms with E-state index in [-0.39, 0.29) is 11.9 Å². The van der Waals surface area contributed by atoms with Gasteiger partial charge in [-0.3, -0.25) is 10.1 Å². The molecule has 0 fully saturated rings. The number of carbonyl (C=O) groups is 2. The number of nitrogens with zero attached hydrogens (tertiary/aromatic N) is 3. The summed E-state index contributed by atoms with van der Waals surface area (Å²) in [6.07, 6.45) is 0. The Morgan fingerprint density at radius 1 is 1.26 bits per heavy atom. The molecule has 1 rings (SSSR count). The molecule has 1 aromatic rings. The van der Waals surface area contributed by atoms with Crippen LogP contribution in [-0.4, -0.2) is 53.9 Å². The van der Waals surface area contributed by atoms with Gasteiger partial charge in [0.25, 0.3) is 5.91 Å². The van der Waals surface area contributed by atoms with Gasteiger partial charge >= 0.3 is 6.03 Å². The molecule has 0 aliphatic carbocycles. The number of hydrogen-bond donors (Lipinski definition) is 1. The summed E-state index contributed by atoms with van der Waals surface area (Å²) in [4.78, 5) is 31.7. The van der Waals surface area contributed by atoms with E-state index in [1.165, 1.54) is 16.2 Å². The highest BCUT2D eigenvalue weighted by Crippen LogP contribution is 2.23. The van der Waals surface area contributed by atoms with E-state index in [4.69, 9.17) is 0 Å². The lowest BCUT2D eigenvalue weighted by atomic mass is 10.3. The summed E-state index contributed by atoms with van der Waals surface area (Å²) in [6.45, 7) is 6.86. The minimum absolute atomic E-state index is 0.0988. The van der Waals surface area contributed by atoms with E-state index in [9.17, 15) is 9.59 Å². The van der Waals surface area contributed by atoms with Crippen LogP contribution in [0, 0.1) is 6.92 Å². The molecule has 106 valence electrons. The van der Waals surface area contributed by atoms with Gasteiger partial charge < -0.3 is 9.80 Å². The molecule has 0 saturated heterocycles. The second kappa shape index (κ2) is 6.51. The molecule has 1 N–H and O–H groups in total. The van der Waals surface area contributed by atoms with Gasteiger partial charge in [0.05, 0.1) is 5.69 Å². The van der Waals surface area contributed by atoms with Gasteiger partial charge in [-0.05, 0) is 20.8 Å². The fourth-order valence-corrected chi connectivity index (χ4v) is 2.51. The van der Waals surface area contributed by atoms with E-state index in [0.29, 0.717) is 28.8 Å². The van der Waals surface area contributed by atoms with Crippen molar-refractivity contribution < 1.29 is 9.59 Å². The molecule has 0 aromatic carbocycles. The second-order valence-electron chi connectivity index (χ2n) is 4.24. The predicted molar refractivity (Wildman–Crippen MR) is 76.8 cm³/mol. The molecule has 0 radical (unpaired) electrons. The van der Waals surface area contributed by atoms with Crippen molar-refractivity contribution in [2.45, 2.75) is 20.8 Å². The van der Waals surface area contributed by atoms with Crippen molar-refractivity contribution >= 4 is 28.4 Å². The maximum atomic E-state index is 11.9. The lowest BCUT2D eigenvalue weighted by Crippen LogP contribution is -2.34. The predicted octanol–water partition coefficient (Wildman–Crippen LogP) is 2.03. The highest BCUT2D eigenvalue weighted by Gasteiger charge is 2.19. The molecular formula is C12H20N4O2S. The van der Waals surface area contributed by atoms with E-state index in [0.717, 1.165) is 0 Å². The first-order valence-corrected chi connectivity index (χ1v) is 6.97. The minimum Gasteiger partial charge on any atom is -0.344 e. The molecule has 0 saturated carbocycles. The Hall–Kier alpha value is -1.63. The van der Waals surface area contributed by atoms with Crippen LogP contribution in [0.5, 0.6) is 0 Å². The average molecular weight is 284 g/mol. The highest BCUT2D eigenvalue weighted by atomic mass is 32.1. The number of aromatic nitrogens is 1. The molecule has 0 aliphatic rings. The number of rotatable bonds is 4. The summed E-state index contributed by atoms with van der Waals surface area (Å²) in [6, 6.07) is -0.192. The van der Waals surface area contributed by atoms with Crippen molar-refractivity contribution in [3.8, 4) is 0 Å². The summed E-state index contributed by atoms with van der Waals surface area (Å²) in [5.74, 6) is -0.0988. The Kier molecular flexibility index (Phi) is 5.29.